The van der Waals surface area contributed by atoms with E-state index >= 15 is 0 Å². The number of anilines is 1. The Hall–Kier alpha value is -3.24. The van der Waals surface area contributed by atoms with Crippen LogP contribution >= 0.6 is 15.9 Å². The number of halogens is 1. The van der Waals surface area contributed by atoms with Gasteiger partial charge in [-0.25, -0.2) is 4.90 Å². The Labute approximate surface area is 195 Å². The second-order valence-corrected chi connectivity index (χ2v) is 9.46. The molecular formula is C28H20BrNO2. The number of fused-ring (bicyclic) bond motifs is 5. The highest BCUT2D eigenvalue weighted by Gasteiger charge is 2.62. The minimum atomic E-state index is -0.339. The normalized spacial score (nSPS) is 25.5. The molecule has 1 aliphatic heterocycles. The summed E-state index contributed by atoms with van der Waals surface area (Å²) in [4.78, 5) is 28.5. The van der Waals surface area contributed by atoms with E-state index < -0.39 is 0 Å². The van der Waals surface area contributed by atoms with E-state index in [9.17, 15) is 9.59 Å². The number of allylic oxidation sites excluding steroid dienone is 3. The molecule has 4 atom stereocenters. The summed E-state index contributed by atoms with van der Waals surface area (Å²) in [5, 5.41) is 0. The Balaban J connectivity index is 1.49. The van der Waals surface area contributed by atoms with Gasteiger partial charge in [0.25, 0.3) is 0 Å². The van der Waals surface area contributed by atoms with Crippen LogP contribution in [-0.4, -0.2) is 11.8 Å². The van der Waals surface area contributed by atoms with Gasteiger partial charge in [-0.15, -0.1) is 0 Å². The monoisotopic (exact) mass is 481 g/mol. The summed E-state index contributed by atoms with van der Waals surface area (Å²) in [5.74, 6) is -0.980. The van der Waals surface area contributed by atoms with E-state index in [1.54, 1.807) is 0 Å². The lowest BCUT2D eigenvalue weighted by Crippen LogP contribution is -2.33. The van der Waals surface area contributed by atoms with Crippen molar-refractivity contribution in [3.05, 3.63) is 118 Å². The maximum Gasteiger partial charge on any atom is 0.238 e. The summed E-state index contributed by atoms with van der Waals surface area (Å²) >= 11 is 3.46. The smallest absolute Gasteiger partial charge is 0.238 e. The minimum Gasteiger partial charge on any atom is -0.274 e. The van der Waals surface area contributed by atoms with Crippen molar-refractivity contribution in [1.82, 2.24) is 0 Å². The summed E-state index contributed by atoms with van der Waals surface area (Å²) in [6.07, 6.45) is 4.28. The highest BCUT2D eigenvalue weighted by Crippen LogP contribution is 2.58. The highest BCUT2D eigenvalue weighted by atomic mass is 79.9. The lowest BCUT2D eigenvalue weighted by Gasteiger charge is -2.21. The molecule has 3 aromatic carbocycles. The van der Waals surface area contributed by atoms with Crippen LogP contribution in [0.2, 0.25) is 0 Å². The largest absolute Gasteiger partial charge is 0.274 e. The number of amides is 2. The zero-order valence-electron chi connectivity index (χ0n) is 17.2. The predicted molar refractivity (Wildman–Crippen MR) is 129 cm³/mol. The van der Waals surface area contributed by atoms with Gasteiger partial charge in [0.05, 0.1) is 17.5 Å². The van der Waals surface area contributed by atoms with Crippen LogP contribution in [0.1, 0.15) is 11.1 Å². The Morgan fingerprint density at radius 3 is 1.72 bits per heavy atom. The number of carbonyl (C=O) groups excluding carboxylic acids is 2. The van der Waals surface area contributed by atoms with Crippen molar-refractivity contribution in [2.45, 2.75) is 0 Å². The van der Waals surface area contributed by atoms with Gasteiger partial charge < -0.3 is 0 Å². The lowest BCUT2D eigenvalue weighted by molar-refractivity contribution is -0.122. The predicted octanol–water partition coefficient (Wildman–Crippen LogP) is 5.87. The molecule has 0 spiro atoms. The van der Waals surface area contributed by atoms with Gasteiger partial charge in [-0.1, -0.05) is 94.8 Å². The maximum atomic E-state index is 13.6. The first kappa shape index (κ1) is 19.4. The third-order valence-electron chi connectivity index (χ3n) is 6.90. The fourth-order valence-corrected chi connectivity index (χ4v) is 6.06. The van der Waals surface area contributed by atoms with E-state index in [1.807, 2.05) is 60.7 Å². The Kier molecular flexibility index (Phi) is 4.51. The molecule has 0 unspecified atom stereocenters. The van der Waals surface area contributed by atoms with Gasteiger partial charge in [0.1, 0.15) is 0 Å². The molecule has 3 aromatic rings. The summed E-state index contributed by atoms with van der Waals surface area (Å²) in [7, 11) is 0. The highest BCUT2D eigenvalue weighted by molar-refractivity contribution is 9.10. The summed E-state index contributed by atoms with van der Waals surface area (Å²) < 4.78 is 0.852. The van der Waals surface area contributed by atoms with Gasteiger partial charge >= 0.3 is 0 Å². The molecule has 32 heavy (non-hydrogen) atoms. The average Bonchev–Trinajstić information content (AvgIpc) is 3.45. The Morgan fingerprint density at radius 1 is 0.688 bits per heavy atom. The fourth-order valence-electron chi connectivity index (χ4n) is 5.68. The second-order valence-electron chi connectivity index (χ2n) is 8.54. The zero-order valence-corrected chi connectivity index (χ0v) is 18.8. The molecular weight excluding hydrogens is 462 g/mol. The molecule has 3 aliphatic rings. The van der Waals surface area contributed by atoms with Crippen molar-refractivity contribution in [2.75, 3.05) is 4.90 Å². The van der Waals surface area contributed by atoms with E-state index in [1.165, 1.54) is 10.5 Å². The molecule has 2 amide bonds. The molecule has 156 valence electrons. The van der Waals surface area contributed by atoms with E-state index in [-0.39, 0.29) is 35.5 Å². The molecule has 0 radical (unpaired) electrons. The van der Waals surface area contributed by atoms with Crippen LogP contribution in [0.25, 0.3) is 5.57 Å². The van der Waals surface area contributed by atoms with Crippen LogP contribution in [0.5, 0.6) is 0 Å². The van der Waals surface area contributed by atoms with Gasteiger partial charge in [0, 0.05) is 16.3 Å². The third kappa shape index (κ3) is 2.79. The number of carbonyl (C=O) groups is 2. The SMILES string of the molecule is O=C1[C@H]2[C@H](C(=O)N1c1cccc(Br)c1)[C@H]1C=C[C@@H]2C1=C(c1ccccc1)c1ccccc1. The molecule has 2 fully saturated rings. The van der Waals surface area contributed by atoms with E-state index in [0.717, 1.165) is 21.2 Å². The minimum absolute atomic E-state index is 0.0611. The number of nitrogens with zero attached hydrogens (tertiary/aromatic N) is 1. The Morgan fingerprint density at radius 2 is 1.22 bits per heavy atom. The van der Waals surface area contributed by atoms with Gasteiger partial charge in [0.15, 0.2) is 0 Å². The molecule has 0 N–H and O–H groups in total. The molecule has 4 heteroatoms. The van der Waals surface area contributed by atoms with Crippen molar-refractivity contribution < 1.29 is 9.59 Å². The van der Waals surface area contributed by atoms with Crippen LogP contribution in [-0.2, 0) is 9.59 Å². The van der Waals surface area contributed by atoms with Crippen LogP contribution in [0.4, 0.5) is 5.69 Å². The number of hydrogen-bond acceptors (Lipinski definition) is 2. The fraction of sp³-hybridized carbons (Fsp3) is 0.143. The van der Waals surface area contributed by atoms with Gasteiger partial charge in [-0.3, -0.25) is 9.59 Å². The molecule has 6 rings (SSSR count). The van der Waals surface area contributed by atoms with Crippen molar-refractivity contribution in [1.29, 1.82) is 0 Å². The van der Waals surface area contributed by atoms with Gasteiger partial charge in [-0.05, 0) is 40.5 Å². The van der Waals surface area contributed by atoms with E-state index in [0.29, 0.717) is 5.69 Å². The maximum absolute atomic E-state index is 13.6. The quantitative estimate of drug-likeness (QED) is 0.346. The Bertz CT molecular complexity index is 1220. The molecule has 2 aliphatic carbocycles. The topological polar surface area (TPSA) is 37.4 Å². The van der Waals surface area contributed by atoms with Crippen molar-refractivity contribution >= 4 is 39.0 Å². The van der Waals surface area contributed by atoms with Gasteiger partial charge in [-0.2, -0.15) is 0 Å². The van der Waals surface area contributed by atoms with Crippen molar-refractivity contribution in [2.24, 2.45) is 23.7 Å². The summed E-state index contributed by atoms with van der Waals surface area (Å²) in [6, 6.07) is 28.0. The second kappa shape index (κ2) is 7.42. The zero-order chi connectivity index (χ0) is 21.8. The molecule has 2 bridgehead atoms. The first-order valence-corrected chi connectivity index (χ1v) is 11.6. The number of hydrogen-bond donors (Lipinski definition) is 0. The molecule has 1 saturated carbocycles. The van der Waals surface area contributed by atoms with E-state index in [4.69, 9.17) is 0 Å². The number of imide groups is 1. The molecule has 0 aromatic heterocycles. The lowest BCUT2D eigenvalue weighted by atomic mass is 9.85. The first-order valence-electron chi connectivity index (χ1n) is 10.8. The average molecular weight is 482 g/mol. The number of benzene rings is 3. The van der Waals surface area contributed by atoms with Crippen LogP contribution < -0.4 is 4.90 Å². The van der Waals surface area contributed by atoms with Gasteiger partial charge in [0.2, 0.25) is 11.8 Å². The van der Waals surface area contributed by atoms with Crippen LogP contribution in [0.15, 0.2) is 107 Å². The molecule has 1 saturated heterocycles. The van der Waals surface area contributed by atoms with Crippen molar-refractivity contribution in [3.8, 4) is 0 Å². The van der Waals surface area contributed by atoms with E-state index in [2.05, 4.69) is 52.3 Å². The standard InChI is InChI=1S/C28H20BrNO2/c29-19-12-7-13-20(16-19)30-27(31)25-21-14-15-22(26(25)28(30)32)24(21)23(17-8-3-1-4-9-17)18-10-5-2-6-11-18/h1-16,21-22,25-26H/t21-,22+,25-,26-/m1/s1. The third-order valence-corrected chi connectivity index (χ3v) is 7.39. The van der Waals surface area contributed by atoms with Crippen LogP contribution in [0, 0.1) is 23.7 Å². The van der Waals surface area contributed by atoms with Crippen LogP contribution in [0.3, 0.4) is 0 Å². The number of rotatable bonds is 3. The first-order chi connectivity index (χ1) is 15.6. The summed E-state index contributed by atoms with van der Waals surface area (Å²) in [6.45, 7) is 0. The summed E-state index contributed by atoms with van der Waals surface area (Å²) in [5.41, 5.74) is 5.23. The molecule has 3 nitrogen and oxygen atoms in total. The molecule has 1 heterocycles. The van der Waals surface area contributed by atoms with Crippen molar-refractivity contribution in [3.63, 3.8) is 0 Å².